The molecule has 0 aliphatic rings. The highest BCUT2D eigenvalue weighted by molar-refractivity contribution is 7.39. The van der Waals surface area contributed by atoms with Crippen molar-refractivity contribution in [2.24, 2.45) is 0 Å². The van der Waals surface area contributed by atoms with E-state index < -0.39 is 8.16 Å². The normalized spacial score (nSPS) is 13.2. The molecule has 2 atom stereocenters. The van der Waals surface area contributed by atoms with E-state index in [9.17, 15) is 0 Å². The van der Waals surface area contributed by atoms with Crippen LogP contribution in [-0.4, -0.2) is 0 Å². The lowest BCUT2D eigenvalue weighted by atomic mass is 9.97. The second-order valence-corrected chi connectivity index (χ2v) is 13.4. The molecule has 0 amide bonds. The van der Waals surface area contributed by atoms with Crippen LogP contribution in [0.1, 0.15) is 59.3 Å². The predicted octanol–water partition coefficient (Wildman–Crippen LogP) is 12.3. The van der Waals surface area contributed by atoms with Gasteiger partial charge in [0.05, 0.1) is 0 Å². The molecule has 3 nitrogen and oxygen atoms in total. The average Bonchev–Trinajstić information content (AvgIpc) is 3.21. The molecule has 0 fully saturated rings. The van der Waals surface area contributed by atoms with Crippen LogP contribution in [0.25, 0.3) is 43.5 Å². The van der Waals surface area contributed by atoms with Crippen LogP contribution in [0, 0.1) is 27.7 Å². The summed E-state index contributed by atoms with van der Waals surface area (Å²) in [6.45, 7) is 13.3. The topological polar surface area (TPSA) is 29.5 Å². The highest BCUT2D eigenvalue weighted by atomic mass is 31.1. The maximum Gasteiger partial charge on any atom is 0.310 e. The number of rotatable bonds is 5. The molecule has 0 N–H and O–H groups in total. The Kier molecular flexibility index (Phi) is 7.33. The minimum Gasteiger partial charge on any atom is -0.408 e. The fraction of sp³-hybridized carbons (Fsp3) is 0.200. The van der Waals surface area contributed by atoms with E-state index >= 15 is 0 Å². The zero-order valence-corrected chi connectivity index (χ0v) is 27.2. The molecule has 0 spiro atoms. The van der Waals surface area contributed by atoms with Gasteiger partial charge in [0.15, 0.2) is 0 Å². The first-order chi connectivity index (χ1) is 21.3. The minimum atomic E-state index is -1.56. The van der Waals surface area contributed by atoms with E-state index in [1.807, 2.05) is 0 Å². The molecule has 0 bridgehead atoms. The molecule has 7 aromatic rings. The van der Waals surface area contributed by atoms with Crippen LogP contribution < -0.4 is 4.67 Å². The maximum atomic E-state index is 7.06. The lowest BCUT2D eigenvalue weighted by molar-refractivity contribution is 0.558. The first kappa shape index (κ1) is 28.5. The minimum absolute atomic E-state index is 0.00952. The highest BCUT2D eigenvalue weighted by Gasteiger charge is 2.30. The third kappa shape index (κ3) is 4.91. The van der Waals surface area contributed by atoms with Crippen molar-refractivity contribution in [3.8, 4) is 0 Å². The number of hydrogen-bond acceptors (Lipinski definition) is 3. The molecule has 0 aliphatic heterocycles. The van der Waals surface area contributed by atoms with Gasteiger partial charge < -0.3 is 8.39 Å². The second kappa shape index (κ2) is 11.3. The van der Waals surface area contributed by atoms with E-state index in [2.05, 4.69) is 155 Å². The summed E-state index contributed by atoms with van der Waals surface area (Å²) in [5.41, 5.74) is 9.19. The van der Waals surface area contributed by atoms with Crippen LogP contribution in [0.5, 0.6) is 0 Å². The molecule has 1 heterocycles. The average molecular weight is 596 g/mol. The second-order valence-electron chi connectivity index (χ2n) is 12.1. The van der Waals surface area contributed by atoms with Crippen LogP contribution in [-0.2, 0) is 0 Å². The van der Waals surface area contributed by atoms with E-state index in [1.165, 1.54) is 54.9 Å². The molecular weight excluding hydrogens is 557 g/mol. The van der Waals surface area contributed by atoms with Crippen molar-refractivity contribution in [3.05, 3.63) is 143 Å². The quantitative estimate of drug-likeness (QED) is 0.198. The molecule has 0 saturated carbocycles. The Balaban J connectivity index is 1.51. The summed E-state index contributed by atoms with van der Waals surface area (Å²) in [5.74, 6) is 0. The fourth-order valence-electron chi connectivity index (χ4n) is 6.50. The van der Waals surface area contributed by atoms with Gasteiger partial charge in [-0.2, -0.15) is 4.67 Å². The van der Waals surface area contributed by atoms with Crippen molar-refractivity contribution in [3.63, 3.8) is 0 Å². The summed E-state index contributed by atoms with van der Waals surface area (Å²) in [6, 6.07) is 39.3. The summed E-state index contributed by atoms with van der Waals surface area (Å²) >= 11 is 0. The molecule has 1 aromatic heterocycles. The Morgan fingerprint density at radius 1 is 0.500 bits per heavy atom. The zero-order chi connectivity index (χ0) is 30.5. The molecule has 6 aromatic carbocycles. The van der Waals surface area contributed by atoms with Crippen LogP contribution in [0.2, 0.25) is 0 Å². The Bertz CT molecular complexity index is 2080. The monoisotopic (exact) mass is 595 g/mol. The molecule has 0 aliphatic carbocycles. The van der Waals surface area contributed by atoms with Crippen LogP contribution in [0.3, 0.4) is 0 Å². The molecule has 0 radical (unpaired) electrons. The molecule has 0 saturated heterocycles. The number of aryl methyl sites for hydroxylation is 4. The van der Waals surface area contributed by atoms with E-state index in [-0.39, 0.29) is 12.1 Å². The number of fused-ring (bicyclic) bond motifs is 5. The first-order valence-electron chi connectivity index (χ1n) is 15.4. The zero-order valence-electron chi connectivity index (χ0n) is 26.3. The molecular formula is C40H38NO2P. The summed E-state index contributed by atoms with van der Waals surface area (Å²) < 4.78 is 16.6. The van der Waals surface area contributed by atoms with Gasteiger partial charge in [-0.05, 0) is 121 Å². The van der Waals surface area contributed by atoms with Gasteiger partial charge in [0.2, 0.25) is 0 Å². The van der Waals surface area contributed by atoms with E-state index in [4.69, 9.17) is 8.39 Å². The molecule has 44 heavy (non-hydrogen) atoms. The van der Waals surface area contributed by atoms with Crippen molar-refractivity contribution in [2.75, 3.05) is 4.67 Å². The third-order valence-corrected chi connectivity index (χ3v) is 11.3. The van der Waals surface area contributed by atoms with Crippen molar-refractivity contribution in [1.82, 2.24) is 0 Å². The van der Waals surface area contributed by atoms with Crippen molar-refractivity contribution in [2.45, 2.75) is 53.6 Å². The van der Waals surface area contributed by atoms with Gasteiger partial charge in [-0.3, -0.25) is 0 Å². The smallest absolute Gasteiger partial charge is 0.310 e. The van der Waals surface area contributed by atoms with Crippen molar-refractivity contribution >= 4 is 51.6 Å². The largest absolute Gasteiger partial charge is 0.408 e. The van der Waals surface area contributed by atoms with Gasteiger partial charge in [-0.15, -0.1) is 0 Å². The Labute approximate surface area is 260 Å². The summed E-state index contributed by atoms with van der Waals surface area (Å²) in [6.07, 6.45) is 0. The standard InChI is InChI=1S/C40H38NO2P/c1-25-15-21-37-39(27(25)3)40-28(4)26(2)16-22-38(40)43-44(42-37)41(29(5)33-19-17-31-11-7-9-13-35(31)23-33)30(6)34-20-18-32-12-8-10-14-36(32)24-34/h7-24,29-30H,1-6H3/t29-,30-/m0/s1. The van der Waals surface area contributed by atoms with Crippen LogP contribution >= 0.6 is 8.16 Å². The van der Waals surface area contributed by atoms with Crippen molar-refractivity contribution < 1.29 is 8.39 Å². The fourth-order valence-corrected chi connectivity index (χ4v) is 8.19. The predicted molar refractivity (Wildman–Crippen MR) is 188 cm³/mol. The molecule has 4 heteroatoms. The van der Waals surface area contributed by atoms with E-state index in [1.54, 1.807) is 0 Å². The van der Waals surface area contributed by atoms with Gasteiger partial charge in [0, 0.05) is 22.9 Å². The molecule has 7 rings (SSSR count). The SMILES string of the molecule is Cc1ccc2op(N([C@@H](C)c3ccc4ccccc4c3)[C@@H](C)c3ccc4ccccc4c3)oc3ccc(C)c(C)c3c2c1C. The highest BCUT2D eigenvalue weighted by Crippen LogP contribution is 2.47. The third-order valence-electron chi connectivity index (χ3n) is 9.49. The number of nitrogens with zero attached hydrogens (tertiary/aromatic N) is 1. The summed E-state index contributed by atoms with van der Waals surface area (Å²) in [4.78, 5) is 0. The lowest BCUT2D eigenvalue weighted by Gasteiger charge is -2.32. The van der Waals surface area contributed by atoms with Gasteiger partial charge in [-0.1, -0.05) is 84.9 Å². The Morgan fingerprint density at radius 3 is 1.34 bits per heavy atom. The maximum absolute atomic E-state index is 7.06. The van der Waals surface area contributed by atoms with Gasteiger partial charge in [0.1, 0.15) is 11.2 Å². The number of benzene rings is 6. The molecule has 0 unspecified atom stereocenters. The van der Waals surface area contributed by atoms with E-state index in [0.717, 1.165) is 21.9 Å². The van der Waals surface area contributed by atoms with Gasteiger partial charge in [-0.25, -0.2) is 0 Å². The Morgan fingerprint density at radius 2 is 0.909 bits per heavy atom. The molecule has 220 valence electrons. The van der Waals surface area contributed by atoms with Crippen LogP contribution in [0.15, 0.2) is 118 Å². The Hall–Kier alpha value is -4.30. The van der Waals surface area contributed by atoms with Gasteiger partial charge in [0.25, 0.3) is 0 Å². The van der Waals surface area contributed by atoms with Crippen molar-refractivity contribution in [1.29, 1.82) is 0 Å². The first-order valence-corrected chi connectivity index (χ1v) is 16.6. The summed E-state index contributed by atoms with van der Waals surface area (Å²) in [5, 5.41) is 7.23. The van der Waals surface area contributed by atoms with Crippen LogP contribution in [0.4, 0.5) is 0 Å². The number of hydrogen-bond donors (Lipinski definition) is 0. The summed E-state index contributed by atoms with van der Waals surface area (Å²) in [7, 11) is -1.56. The lowest BCUT2D eigenvalue weighted by Crippen LogP contribution is -2.27. The van der Waals surface area contributed by atoms with Gasteiger partial charge >= 0.3 is 8.16 Å². The van der Waals surface area contributed by atoms with E-state index in [0.29, 0.717) is 0 Å².